The second kappa shape index (κ2) is 5.14. The number of hydrogen-bond acceptors (Lipinski definition) is 3. The summed E-state index contributed by atoms with van der Waals surface area (Å²) in [5.74, 6) is -0.411. The number of ether oxygens (including phenoxy) is 1. The summed E-state index contributed by atoms with van der Waals surface area (Å²) in [7, 11) is 0. The molecule has 0 aliphatic rings. The minimum atomic E-state index is -0.411. The van der Waals surface area contributed by atoms with Crippen molar-refractivity contribution in [3.63, 3.8) is 0 Å². The second-order valence-corrected chi connectivity index (χ2v) is 2.94. The highest BCUT2D eigenvalue weighted by Gasteiger charge is 2.04. The van der Waals surface area contributed by atoms with Crippen LogP contribution in [0.5, 0.6) is 0 Å². The summed E-state index contributed by atoms with van der Waals surface area (Å²) in [5.41, 5.74) is 0.501. The van der Waals surface area contributed by atoms with Gasteiger partial charge in [-0.25, -0.2) is 0 Å². The van der Waals surface area contributed by atoms with Gasteiger partial charge in [0.15, 0.2) is 0 Å². The van der Waals surface area contributed by atoms with Gasteiger partial charge in [0.05, 0.1) is 6.61 Å². The molecule has 0 aliphatic carbocycles. The van der Waals surface area contributed by atoms with Crippen molar-refractivity contribution in [1.29, 1.82) is 0 Å². The fraction of sp³-hybridized carbons (Fsp3) is 0.273. The molecule has 4 heteroatoms. The van der Waals surface area contributed by atoms with Crippen molar-refractivity contribution in [2.45, 2.75) is 13.5 Å². The molecule has 0 saturated heterocycles. The Morgan fingerprint density at radius 3 is 2.93 bits per heavy atom. The normalized spacial score (nSPS) is 9.67. The first kappa shape index (κ1) is 11.2. The van der Waals surface area contributed by atoms with Crippen LogP contribution in [0, 0.1) is 0 Å². The highest BCUT2D eigenvalue weighted by molar-refractivity contribution is 5.69. The maximum Gasteiger partial charge on any atom is 0.326 e. The van der Waals surface area contributed by atoms with E-state index < -0.39 is 5.97 Å². The SMILES string of the molecule is C=Cc1ccn(CC(=O)OCC)c(=O)c1. The standard InChI is InChI=1S/C11H13NO3/c1-3-9-5-6-12(10(13)7-9)8-11(14)15-4-2/h3,5-7H,1,4,8H2,2H3. The molecule has 1 heterocycles. The maximum atomic E-state index is 11.4. The van der Waals surface area contributed by atoms with Crippen LogP contribution in [0.25, 0.3) is 6.08 Å². The van der Waals surface area contributed by atoms with Crippen LogP contribution in [-0.2, 0) is 16.1 Å². The minimum Gasteiger partial charge on any atom is -0.465 e. The van der Waals surface area contributed by atoms with Crippen molar-refractivity contribution in [2.75, 3.05) is 6.61 Å². The zero-order valence-electron chi connectivity index (χ0n) is 8.60. The Morgan fingerprint density at radius 2 is 2.40 bits per heavy atom. The average molecular weight is 207 g/mol. The molecular formula is C11H13NO3. The lowest BCUT2D eigenvalue weighted by molar-refractivity contribution is -0.143. The largest absolute Gasteiger partial charge is 0.465 e. The Kier molecular flexibility index (Phi) is 3.85. The number of nitrogens with zero attached hydrogens (tertiary/aromatic N) is 1. The Bertz CT molecular complexity index is 420. The molecule has 1 rings (SSSR count). The van der Waals surface area contributed by atoms with E-state index in [0.29, 0.717) is 6.61 Å². The molecule has 0 bridgehead atoms. The molecule has 80 valence electrons. The van der Waals surface area contributed by atoms with E-state index in [1.807, 2.05) is 0 Å². The molecule has 1 aromatic heterocycles. The van der Waals surface area contributed by atoms with Gasteiger partial charge in [-0.3, -0.25) is 9.59 Å². The van der Waals surface area contributed by atoms with Crippen molar-refractivity contribution in [3.05, 3.63) is 40.8 Å². The van der Waals surface area contributed by atoms with Crippen molar-refractivity contribution in [3.8, 4) is 0 Å². The van der Waals surface area contributed by atoms with Crippen LogP contribution >= 0.6 is 0 Å². The number of esters is 1. The van der Waals surface area contributed by atoms with Crippen molar-refractivity contribution in [1.82, 2.24) is 4.57 Å². The molecule has 0 aliphatic heterocycles. The van der Waals surface area contributed by atoms with Crippen molar-refractivity contribution in [2.24, 2.45) is 0 Å². The van der Waals surface area contributed by atoms with Gasteiger partial charge in [-0.05, 0) is 18.6 Å². The van der Waals surface area contributed by atoms with Gasteiger partial charge in [-0.1, -0.05) is 12.7 Å². The third kappa shape index (κ3) is 3.09. The Morgan fingerprint density at radius 1 is 1.67 bits per heavy atom. The van der Waals surface area contributed by atoms with Gasteiger partial charge in [0.2, 0.25) is 0 Å². The first-order valence-electron chi connectivity index (χ1n) is 4.66. The second-order valence-electron chi connectivity index (χ2n) is 2.94. The molecule has 0 amide bonds. The zero-order chi connectivity index (χ0) is 11.3. The average Bonchev–Trinajstić information content (AvgIpc) is 2.21. The molecule has 1 aromatic rings. The van der Waals surface area contributed by atoms with Gasteiger partial charge < -0.3 is 9.30 Å². The van der Waals surface area contributed by atoms with E-state index in [4.69, 9.17) is 4.74 Å². The number of hydrogen-bond donors (Lipinski definition) is 0. The highest BCUT2D eigenvalue weighted by Crippen LogP contribution is 1.96. The van der Waals surface area contributed by atoms with Crippen molar-refractivity contribution < 1.29 is 9.53 Å². The fourth-order valence-electron chi connectivity index (χ4n) is 1.13. The molecule has 0 radical (unpaired) electrons. The predicted octanol–water partition coefficient (Wildman–Crippen LogP) is 1.05. The first-order chi connectivity index (χ1) is 7.17. The molecule has 0 saturated carbocycles. The maximum absolute atomic E-state index is 11.4. The predicted molar refractivity (Wildman–Crippen MR) is 57.4 cm³/mol. The van der Waals surface area contributed by atoms with E-state index in [9.17, 15) is 9.59 Å². The van der Waals surface area contributed by atoms with Gasteiger partial charge in [-0.15, -0.1) is 0 Å². The van der Waals surface area contributed by atoms with E-state index in [0.717, 1.165) is 5.56 Å². The van der Waals surface area contributed by atoms with E-state index in [1.54, 1.807) is 25.3 Å². The zero-order valence-corrected chi connectivity index (χ0v) is 8.60. The fourth-order valence-corrected chi connectivity index (χ4v) is 1.13. The monoisotopic (exact) mass is 207 g/mol. The van der Waals surface area contributed by atoms with Crippen LogP contribution in [-0.4, -0.2) is 17.1 Å². The van der Waals surface area contributed by atoms with E-state index in [1.165, 1.54) is 10.6 Å². The molecule has 0 N–H and O–H groups in total. The smallest absolute Gasteiger partial charge is 0.326 e. The van der Waals surface area contributed by atoms with E-state index in [-0.39, 0.29) is 12.1 Å². The first-order valence-corrected chi connectivity index (χ1v) is 4.66. The molecule has 0 spiro atoms. The lowest BCUT2D eigenvalue weighted by Gasteiger charge is -2.05. The number of rotatable bonds is 4. The lowest BCUT2D eigenvalue weighted by atomic mass is 10.2. The Balaban J connectivity index is 2.83. The topological polar surface area (TPSA) is 48.3 Å². The van der Waals surface area contributed by atoms with Crippen LogP contribution in [0.1, 0.15) is 12.5 Å². The third-order valence-electron chi connectivity index (χ3n) is 1.86. The van der Waals surface area contributed by atoms with Crippen LogP contribution in [0.4, 0.5) is 0 Å². The van der Waals surface area contributed by atoms with E-state index in [2.05, 4.69) is 6.58 Å². The Hall–Kier alpha value is -1.84. The number of carbonyl (C=O) groups excluding carboxylic acids is 1. The summed E-state index contributed by atoms with van der Waals surface area (Å²) in [5, 5.41) is 0. The quantitative estimate of drug-likeness (QED) is 0.693. The third-order valence-corrected chi connectivity index (χ3v) is 1.86. The van der Waals surface area contributed by atoms with Gasteiger partial charge in [0.1, 0.15) is 6.54 Å². The van der Waals surface area contributed by atoms with Gasteiger partial charge in [-0.2, -0.15) is 0 Å². The Labute approximate surface area is 87.8 Å². The minimum absolute atomic E-state index is 0.0515. The van der Waals surface area contributed by atoms with Crippen LogP contribution in [0.2, 0.25) is 0 Å². The highest BCUT2D eigenvalue weighted by atomic mass is 16.5. The molecule has 15 heavy (non-hydrogen) atoms. The summed E-state index contributed by atoms with van der Waals surface area (Å²) in [6.45, 7) is 5.54. The van der Waals surface area contributed by atoms with Crippen LogP contribution < -0.4 is 5.56 Å². The molecule has 0 atom stereocenters. The summed E-state index contributed by atoms with van der Waals surface area (Å²) >= 11 is 0. The summed E-state index contributed by atoms with van der Waals surface area (Å²) in [6, 6.07) is 3.14. The molecule has 0 unspecified atom stereocenters. The summed E-state index contributed by atoms with van der Waals surface area (Å²) in [4.78, 5) is 22.6. The number of carbonyl (C=O) groups is 1. The van der Waals surface area contributed by atoms with Crippen molar-refractivity contribution >= 4 is 12.0 Å². The molecule has 0 aromatic carbocycles. The summed E-state index contributed by atoms with van der Waals surface area (Å²) in [6.07, 6.45) is 3.13. The van der Waals surface area contributed by atoms with E-state index >= 15 is 0 Å². The molecule has 0 fully saturated rings. The van der Waals surface area contributed by atoms with Crippen LogP contribution in [0.15, 0.2) is 29.7 Å². The molecular weight excluding hydrogens is 194 g/mol. The molecule has 4 nitrogen and oxygen atoms in total. The summed E-state index contributed by atoms with van der Waals surface area (Å²) < 4.78 is 6.04. The number of pyridine rings is 1. The van der Waals surface area contributed by atoms with Gasteiger partial charge >= 0.3 is 5.97 Å². The van der Waals surface area contributed by atoms with Crippen LogP contribution in [0.3, 0.4) is 0 Å². The lowest BCUT2D eigenvalue weighted by Crippen LogP contribution is -2.24. The van der Waals surface area contributed by atoms with Gasteiger partial charge in [0, 0.05) is 12.3 Å². The van der Waals surface area contributed by atoms with Gasteiger partial charge in [0.25, 0.3) is 5.56 Å². The number of aromatic nitrogens is 1.